The summed E-state index contributed by atoms with van der Waals surface area (Å²) in [6.07, 6.45) is 0.900. The van der Waals surface area contributed by atoms with E-state index in [2.05, 4.69) is 62.3 Å². The second kappa shape index (κ2) is 4.48. The van der Waals surface area contributed by atoms with E-state index in [9.17, 15) is 0 Å². The van der Waals surface area contributed by atoms with Gasteiger partial charge in [0, 0.05) is 6.42 Å². The SMILES string of the molecule is Cc1ccccc1CC#C[Si](C)(C)C. The molecule has 0 aliphatic rings. The van der Waals surface area contributed by atoms with Gasteiger partial charge in [-0.15, -0.1) is 11.5 Å². The quantitative estimate of drug-likeness (QED) is 0.483. The lowest BCUT2D eigenvalue weighted by atomic mass is 10.1. The first kappa shape index (κ1) is 11.1. The predicted octanol–water partition coefficient (Wildman–Crippen LogP) is 3.42. The topological polar surface area (TPSA) is 0 Å². The van der Waals surface area contributed by atoms with E-state index in [-0.39, 0.29) is 0 Å². The molecule has 74 valence electrons. The second-order valence-corrected chi connectivity index (χ2v) is 9.41. The van der Waals surface area contributed by atoms with Crippen LogP contribution < -0.4 is 0 Å². The molecular weight excluding hydrogens is 184 g/mol. The molecule has 0 aliphatic carbocycles. The Labute approximate surface area is 88.4 Å². The van der Waals surface area contributed by atoms with Crippen LogP contribution in [0.4, 0.5) is 0 Å². The van der Waals surface area contributed by atoms with Gasteiger partial charge < -0.3 is 0 Å². The highest BCUT2D eigenvalue weighted by atomic mass is 28.3. The Morgan fingerprint density at radius 1 is 1.14 bits per heavy atom. The van der Waals surface area contributed by atoms with Crippen molar-refractivity contribution < 1.29 is 0 Å². The normalized spacial score (nSPS) is 10.6. The Kier molecular flexibility index (Phi) is 3.54. The summed E-state index contributed by atoms with van der Waals surface area (Å²) >= 11 is 0. The minimum absolute atomic E-state index is 0.900. The molecule has 0 atom stereocenters. The Bertz CT molecular complexity index is 361. The minimum atomic E-state index is -1.19. The summed E-state index contributed by atoms with van der Waals surface area (Å²) in [6.45, 7) is 8.97. The predicted molar refractivity (Wildman–Crippen MR) is 66.0 cm³/mol. The van der Waals surface area contributed by atoms with Crippen LogP contribution in [0.25, 0.3) is 0 Å². The smallest absolute Gasteiger partial charge is 0.129 e. The number of hydrogen-bond acceptors (Lipinski definition) is 0. The van der Waals surface area contributed by atoms with Crippen molar-refractivity contribution in [2.75, 3.05) is 0 Å². The summed E-state index contributed by atoms with van der Waals surface area (Å²) in [5, 5.41) is 0. The Morgan fingerprint density at radius 3 is 2.36 bits per heavy atom. The fourth-order valence-corrected chi connectivity index (χ4v) is 1.83. The first-order valence-electron chi connectivity index (χ1n) is 5.03. The van der Waals surface area contributed by atoms with Crippen LogP contribution in [-0.4, -0.2) is 8.07 Å². The summed E-state index contributed by atoms with van der Waals surface area (Å²) in [4.78, 5) is 0. The highest BCUT2D eigenvalue weighted by Crippen LogP contribution is 2.07. The van der Waals surface area contributed by atoms with E-state index in [0.717, 1.165) is 6.42 Å². The average molecular weight is 202 g/mol. The zero-order valence-corrected chi connectivity index (χ0v) is 10.5. The molecule has 1 heteroatoms. The molecule has 0 fully saturated rings. The highest BCUT2D eigenvalue weighted by Gasteiger charge is 2.07. The summed E-state index contributed by atoms with van der Waals surface area (Å²) in [5.74, 6) is 3.29. The molecule has 0 aliphatic heterocycles. The molecule has 1 aromatic carbocycles. The van der Waals surface area contributed by atoms with Crippen LogP contribution in [0.5, 0.6) is 0 Å². The minimum Gasteiger partial charge on any atom is -0.132 e. The molecule has 1 aromatic rings. The van der Waals surface area contributed by atoms with Gasteiger partial charge >= 0.3 is 0 Å². The third-order valence-electron chi connectivity index (χ3n) is 2.00. The lowest BCUT2D eigenvalue weighted by molar-refractivity contribution is 1.25. The van der Waals surface area contributed by atoms with Crippen molar-refractivity contribution in [1.82, 2.24) is 0 Å². The van der Waals surface area contributed by atoms with Crippen molar-refractivity contribution in [3.63, 3.8) is 0 Å². The molecule has 0 radical (unpaired) electrons. The first-order chi connectivity index (χ1) is 6.49. The molecule has 14 heavy (non-hydrogen) atoms. The maximum atomic E-state index is 3.39. The van der Waals surface area contributed by atoms with Crippen LogP contribution in [0, 0.1) is 18.4 Å². The fraction of sp³-hybridized carbons (Fsp3) is 0.385. The lowest BCUT2D eigenvalue weighted by Gasteiger charge is -2.04. The van der Waals surface area contributed by atoms with Crippen LogP contribution in [0.15, 0.2) is 24.3 Å². The van der Waals surface area contributed by atoms with Crippen molar-refractivity contribution in [2.45, 2.75) is 33.0 Å². The second-order valence-electron chi connectivity index (χ2n) is 4.66. The largest absolute Gasteiger partial charge is 0.132 e. The summed E-state index contributed by atoms with van der Waals surface area (Å²) in [6, 6.07) is 8.46. The van der Waals surface area contributed by atoms with Gasteiger partial charge in [0.25, 0.3) is 0 Å². The van der Waals surface area contributed by atoms with E-state index in [0.29, 0.717) is 0 Å². The zero-order valence-electron chi connectivity index (χ0n) is 9.52. The fourth-order valence-electron chi connectivity index (χ4n) is 1.21. The molecule has 0 spiro atoms. The van der Waals surface area contributed by atoms with Crippen LogP contribution in [0.2, 0.25) is 19.6 Å². The molecule has 0 saturated heterocycles. The van der Waals surface area contributed by atoms with Gasteiger partial charge in [0.05, 0.1) is 0 Å². The highest BCUT2D eigenvalue weighted by molar-refractivity contribution is 6.83. The van der Waals surface area contributed by atoms with E-state index >= 15 is 0 Å². The van der Waals surface area contributed by atoms with E-state index < -0.39 is 8.07 Å². The Morgan fingerprint density at radius 2 is 1.79 bits per heavy atom. The van der Waals surface area contributed by atoms with Crippen molar-refractivity contribution in [1.29, 1.82) is 0 Å². The number of rotatable bonds is 1. The van der Waals surface area contributed by atoms with E-state index in [1.54, 1.807) is 0 Å². The van der Waals surface area contributed by atoms with Gasteiger partial charge in [-0.05, 0) is 18.1 Å². The van der Waals surface area contributed by atoms with Gasteiger partial charge in [0.2, 0.25) is 0 Å². The zero-order chi connectivity index (χ0) is 10.6. The molecule has 0 heterocycles. The molecular formula is C13H18Si. The first-order valence-corrected chi connectivity index (χ1v) is 8.53. The Hall–Kier alpha value is -1.00. The molecule has 1 rings (SSSR count). The van der Waals surface area contributed by atoms with Gasteiger partial charge in [-0.3, -0.25) is 0 Å². The van der Waals surface area contributed by atoms with Crippen LogP contribution in [0.3, 0.4) is 0 Å². The van der Waals surface area contributed by atoms with Gasteiger partial charge in [-0.1, -0.05) is 43.9 Å². The van der Waals surface area contributed by atoms with Crippen molar-refractivity contribution in [3.8, 4) is 11.5 Å². The van der Waals surface area contributed by atoms with Gasteiger partial charge in [0.15, 0.2) is 0 Å². The van der Waals surface area contributed by atoms with Crippen molar-refractivity contribution >= 4 is 8.07 Å². The molecule has 0 nitrogen and oxygen atoms in total. The molecule has 0 aromatic heterocycles. The molecule has 0 bridgehead atoms. The van der Waals surface area contributed by atoms with Gasteiger partial charge in [-0.25, -0.2) is 0 Å². The van der Waals surface area contributed by atoms with E-state index in [1.807, 2.05) is 0 Å². The van der Waals surface area contributed by atoms with Crippen LogP contribution in [0.1, 0.15) is 11.1 Å². The van der Waals surface area contributed by atoms with Gasteiger partial charge in [-0.2, -0.15) is 0 Å². The maximum Gasteiger partial charge on any atom is 0.129 e. The Balaban J connectivity index is 2.70. The average Bonchev–Trinajstić information content (AvgIpc) is 2.06. The van der Waals surface area contributed by atoms with E-state index in [1.165, 1.54) is 11.1 Å². The van der Waals surface area contributed by atoms with Gasteiger partial charge in [0.1, 0.15) is 8.07 Å². The third kappa shape index (κ3) is 3.80. The number of benzene rings is 1. The standard InChI is InChI=1S/C13H18Si/c1-12-8-5-6-9-13(12)10-7-11-14(2,3)4/h5-6,8-9H,10H2,1-4H3. The summed E-state index contributed by atoms with van der Waals surface area (Å²) < 4.78 is 0. The van der Waals surface area contributed by atoms with Crippen molar-refractivity contribution in [3.05, 3.63) is 35.4 Å². The summed E-state index contributed by atoms with van der Waals surface area (Å²) in [5.41, 5.74) is 6.09. The molecule has 0 unspecified atom stereocenters. The third-order valence-corrected chi connectivity index (χ3v) is 2.93. The lowest BCUT2D eigenvalue weighted by Crippen LogP contribution is -2.16. The monoisotopic (exact) mass is 202 g/mol. The molecule has 0 saturated carbocycles. The van der Waals surface area contributed by atoms with Crippen LogP contribution >= 0.6 is 0 Å². The van der Waals surface area contributed by atoms with Crippen molar-refractivity contribution in [2.24, 2.45) is 0 Å². The summed E-state index contributed by atoms with van der Waals surface area (Å²) in [7, 11) is -1.19. The number of aryl methyl sites for hydroxylation is 1. The van der Waals surface area contributed by atoms with E-state index in [4.69, 9.17) is 0 Å². The maximum absolute atomic E-state index is 3.39. The number of hydrogen-bond donors (Lipinski definition) is 0. The van der Waals surface area contributed by atoms with Crippen LogP contribution in [-0.2, 0) is 6.42 Å². The molecule has 0 N–H and O–H groups in total. The molecule has 0 amide bonds.